The van der Waals surface area contributed by atoms with E-state index in [4.69, 9.17) is 13.9 Å². The van der Waals surface area contributed by atoms with Gasteiger partial charge in [0.25, 0.3) is 5.56 Å². The van der Waals surface area contributed by atoms with E-state index in [0.29, 0.717) is 42.5 Å². The molecule has 1 aliphatic rings. The molecule has 0 saturated heterocycles. The standard InChI is InChI=1S/C21H21N3O5/c1-27-18-8-14-5-6-23(11-15(14)9-19(18)28-2)21(26)12-24-13-22-16(10-20(24)25)17-4-3-7-29-17/h3-4,7-10,13H,5-6,11-12H2,1-2H3. The first-order valence-corrected chi connectivity index (χ1v) is 9.21. The van der Waals surface area contributed by atoms with Gasteiger partial charge in [-0.1, -0.05) is 0 Å². The van der Waals surface area contributed by atoms with Gasteiger partial charge in [0.2, 0.25) is 5.91 Å². The molecule has 1 amide bonds. The van der Waals surface area contributed by atoms with Crippen molar-refractivity contribution in [3.05, 3.63) is 64.4 Å². The molecule has 2 aromatic heterocycles. The first-order valence-electron chi connectivity index (χ1n) is 9.21. The van der Waals surface area contributed by atoms with Gasteiger partial charge in [-0.05, 0) is 41.8 Å². The van der Waals surface area contributed by atoms with Crippen LogP contribution in [0.15, 0.2) is 52.1 Å². The molecular weight excluding hydrogens is 374 g/mol. The molecule has 0 atom stereocenters. The number of methoxy groups -OCH3 is 2. The van der Waals surface area contributed by atoms with Crippen LogP contribution in [0, 0.1) is 0 Å². The lowest BCUT2D eigenvalue weighted by Gasteiger charge is -2.29. The van der Waals surface area contributed by atoms with Crippen LogP contribution in [-0.4, -0.2) is 41.1 Å². The van der Waals surface area contributed by atoms with Crippen molar-refractivity contribution in [1.29, 1.82) is 0 Å². The molecule has 8 nitrogen and oxygen atoms in total. The lowest BCUT2D eigenvalue weighted by molar-refractivity contribution is -0.132. The number of hydrogen-bond acceptors (Lipinski definition) is 6. The highest BCUT2D eigenvalue weighted by atomic mass is 16.5. The number of carbonyl (C=O) groups excluding carboxylic acids is 1. The normalized spacial score (nSPS) is 13.1. The van der Waals surface area contributed by atoms with Crippen LogP contribution >= 0.6 is 0 Å². The second-order valence-corrected chi connectivity index (χ2v) is 6.76. The van der Waals surface area contributed by atoms with Crippen LogP contribution in [0.25, 0.3) is 11.5 Å². The number of nitrogens with zero attached hydrogens (tertiary/aromatic N) is 3. The average molecular weight is 395 g/mol. The first-order chi connectivity index (χ1) is 14.1. The van der Waals surface area contributed by atoms with Gasteiger partial charge in [-0.3, -0.25) is 14.2 Å². The fourth-order valence-electron chi connectivity index (χ4n) is 3.45. The number of hydrogen-bond donors (Lipinski definition) is 0. The number of carbonyl (C=O) groups is 1. The molecule has 0 spiro atoms. The molecule has 0 fully saturated rings. The highest BCUT2D eigenvalue weighted by Gasteiger charge is 2.23. The third-order valence-electron chi connectivity index (χ3n) is 5.03. The molecule has 3 heterocycles. The van der Waals surface area contributed by atoms with E-state index in [9.17, 15) is 9.59 Å². The Hall–Kier alpha value is -3.55. The van der Waals surface area contributed by atoms with Crippen molar-refractivity contribution in [1.82, 2.24) is 14.5 Å². The average Bonchev–Trinajstić information content (AvgIpc) is 3.28. The van der Waals surface area contributed by atoms with Crippen molar-refractivity contribution in [3.8, 4) is 23.0 Å². The van der Waals surface area contributed by atoms with Crippen LogP contribution in [0.5, 0.6) is 11.5 Å². The highest BCUT2D eigenvalue weighted by molar-refractivity contribution is 5.76. The van der Waals surface area contributed by atoms with Crippen LogP contribution in [0.4, 0.5) is 0 Å². The number of benzene rings is 1. The molecule has 8 heteroatoms. The third-order valence-corrected chi connectivity index (χ3v) is 5.03. The number of aromatic nitrogens is 2. The Labute approximate surface area is 167 Å². The minimum absolute atomic E-state index is 0.0626. The van der Waals surface area contributed by atoms with E-state index in [1.54, 1.807) is 31.3 Å². The maximum atomic E-state index is 12.8. The summed E-state index contributed by atoms with van der Waals surface area (Å²) in [6.45, 7) is 0.974. The second kappa shape index (κ2) is 7.83. The second-order valence-electron chi connectivity index (χ2n) is 6.76. The molecule has 0 saturated carbocycles. The summed E-state index contributed by atoms with van der Waals surface area (Å²) in [7, 11) is 3.19. The maximum absolute atomic E-state index is 12.8. The molecule has 29 heavy (non-hydrogen) atoms. The summed E-state index contributed by atoms with van der Waals surface area (Å²) in [5, 5.41) is 0. The molecule has 0 bridgehead atoms. The Morgan fingerprint density at radius 1 is 1.17 bits per heavy atom. The minimum atomic E-state index is -0.302. The zero-order valence-electron chi connectivity index (χ0n) is 16.3. The zero-order chi connectivity index (χ0) is 20.4. The van der Waals surface area contributed by atoms with Crippen LogP contribution in [-0.2, 0) is 24.3 Å². The molecule has 0 radical (unpaired) electrons. The van der Waals surface area contributed by atoms with Gasteiger partial charge in [-0.15, -0.1) is 0 Å². The Bertz CT molecular complexity index is 1090. The lowest BCUT2D eigenvalue weighted by atomic mass is 9.98. The Kier molecular flexibility index (Phi) is 5.07. The van der Waals surface area contributed by atoms with E-state index in [2.05, 4.69) is 4.98 Å². The number of furan rings is 1. The molecular formula is C21H21N3O5. The maximum Gasteiger partial charge on any atom is 0.254 e. The van der Waals surface area contributed by atoms with Crippen molar-refractivity contribution < 1.29 is 18.7 Å². The predicted molar refractivity (Wildman–Crippen MR) is 105 cm³/mol. The van der Waals surface area contributed by atoms with Gasteiger partial charge in [-0.25, -0.2) is 4.98 Å². The van der Waals surface area contributed by atoms with Crippen LogP contribution < -0.4 is 15.0 Å². The summed E-state index contributed by atoms with van der Waals surface area (Å²) in [5.74, 6) is 1.69. The largest absolute Gasteiger partial charge is 0.493 e. The van der Waals surface area contributed by atoms with Crippen molar-refractivity contribution >= 4 is 5.91 Å². The van der Waals surface area contributed by atoms with Gasteiger partial charge in [0.1, 0.15) is 12.2 Å². The zero-order valence-corrected chi connectivity index (χ0v) is 16.3. The smallest absolute Gasteiger partial charge is 0.254 e. The summed E-state index contributed by atoms with van der Waals surface area (Å²) < 4.78 is 17.3. The fourth-order valence-corrected chi connectivity index (χ4v) is 3.45. The Balaban J connectivity index is 1.49. The molecule has 0 N–H and O–H groups in total. The monoisotopic (exact) mass is 395 g/mol. The summed E-state index contributed by atoms with van der Waals surface area (Å²) >= 11 is 0. The van der Waals surface area contributed by atoms with Gasteiger partial charge in [0, 0.05) is 19.2 Å². The van der Waals surface area contributed by atoms with E-state index in [1.165, 1.54) is 23.2 Å². The summed E-state index contributed by atoms with van der Waals surface area (Å²) in [6.07, 6.45) is 3.61. The third kappa shape index (κ3) is 3.73. The van der Waals surface area contributed by atoms with Crippen molar-refractivity contribution in [2.24, 2.45) is 0 Å². The number of rotatable bonds is 5. The summed E-state index contributed by atoms with van der Waals surface area (Å²) in [4.78, 5) is 31.1. The number of amides is 1. The molecule has 4 rings (SSSR count). The minimum Gasteiger partial charge on any atom is -0.493 e. The van der Waals surface area contributed by atoms with Gasteiger partial charge in [0.15, 0.2) is 17.3 Å². The van der Waals surface area contributed by atoms with Gasteiger partial charge in [-0.2, -0.15) is 0 Å². The SMILES string of the molecule is COc1cc2c(cc1OC)CN(C(=O)Cn1cnc(-c3ccco3)cc1=O)CC2. The molecule has 1 aliphatic heterocycles. The van der Waals surface area contributed by atoms with Crippen LogP contribution in [0.1, 0.15) is 11.1 Å². The number of ether oxygens (including phenoxy) is 2. The van der Waals surface area contributed by atoms with E-state index in [-0.39, 0.29) is 18.0 Å². The Morgan fingerprint density at radius 3 is 2.59 bits per heavy atom. The number of fused-ring (bicyclic) bond motifs is 1. The summed E-state index contributed by atoms with van der Waals surface area (Å²) in [6, 6.07) is 8.68. The highest BCUT2D eigenvalue weighted by Crippen LogP contribution is 2.33. The van der Waals surface area contributed by atoms with E-state index >= 15 is 0 Å². The van der Waals surface area contributed by atoms with Crippen LogP contribution in [0.2, 0.25) is 0 Å². The quantitative estimate of drug-likeness (QED) is 0.658. The predicted octanol–water partition coefficient (Wildman–Crippen LogP) is 2.11. The van der Waals surface area contributed by atoms with Crippen LogP contribution in [0.3, 0.4) is 0 Å². The van der Waals surface area contributed by atoms with Crippen molar-refractivity contribution in [2.45, 2.75) is 19.5 Å². The topological polar surface area (TPSA) is 86.8 Å². The lowest BCUT2D eigenvalue weighted by Crippen LogP contribution is -2.39. The van der Waals surface area contributed by atoms with E-state index in [1.807, 2.05) is 12.1 Å². The fraction of sp³-hybridized carbons (Fsp3) is 0.286. The van der Waals surface area contributed by atoms with Crippen molar-refractivity contribution in [2.75, 3.05) is 20.8 Å². The van der Waals surface area contributed by atoms with Gasteiger partial charge >= 0.3 is 0 Å². The molecule has 0 unspecified atom stereocenters. The summed E-state index contributed by atoms with van der Waals surface area (Å²) in [5.41, 5.74) is 2.29. The van der Waals surface area contributed by atoms with E-state index in [0.717, 1.165) is 11.1 Å². The van der Waals surface area contributed by atoms with Crippen molar-refractivity contribution in [3.63, 3.8) is 0 Å². The van der Waals surface area contributed by atoms with Gasteiger partial charge < -0.3 is 18.8 Å². The molecule has 0 aliphatic carbocycles. The van der Waals surface area contributed by atoms with Gasteiger partial charge in [0.05, 0.1) is 26.8 Å². The molecule has 1 aromatic carbocycles. The Morgan fingerprint density at radius 2 is 1.93 bits per heavy atom. The van der Waals surface area contributed by atoms with E-state index < -0.39 is 0 Å². The first kappa shape index (κ1) is 18.8. The molecule has 150 valence electrons. The molecule has 3 aromatic rings.